The van der Waals surface area contributed by atoms with Crippen LogP contribution in [0.1, 0.15) is 24.9 Å². The zero-order valence-electron chi connectivity index (χ0n) is 12.0. The predicted octanol–water partition coefficient (Wildman–Crippen LogP) is 0.410. The van der Waals surface area contributed by atoms with Gasteiger partial charge in [-0.25, -0.2) is 22.0 Å². The molecule has 0 aromatic carbocycles. The number of hydrogen-bond donors (Lipinski definition) is 2. The molecule has 126 valence electrons. The second kappa shape index (κ2) is 6.49. The number of nitrogens with two attached hydrogens (primary N) is 1. The second-order valence-electron chi connectivity index (χ2n) is 4.87. The highest BCUT2D eigenvalue weighted by molar-refractivity contribution is 7.94. The first-order valence-electron chi connectivity index (χ1n) is 6.67. The van der Waals surface area contributed by atoms with Gasteiger partial charge in [0.25, 0.3) is 10.0 Å². The van der Waals surface area contributed by atoms with Crippen LogP contribution in [0, 0.1) is 0 Å². The molecule has 1 aliphatic heterocycles. The van der Waals surface area contributed by atoms with Gasteiger partial charge in [0.05, 0.1) is 6.67 Å². The van der Waals surface area contributed by atoms with E-state index in [1.807, 2.05) is 6.92 Å². The lowest BCUT2D eigenvalue weighted by atomic mass is 10.1. The number of primary sulfonamides is 1. The Hall–Kier alpha value is -0.590. The van der Waals surface area contributed by atoms with Gasteiger partial charge in [0.15, 0.2) is 0 Å². The summed E-state index contributed by atoms with van der Waals surface area (Å²) in [5, 5.41) is 8.22. The van der Waals surface area contributed by atoms with Gasteiger partial charge in [0.2, 0.25) is 10.0 Å². The minimum absolute atomic E-state index is 0.0346. The molecule has 1 aromatic rings. The van der Waals surface area contributed by atoms with E-state index in [1.165, 1.54) is 10.4 Å². The van der Waals surface area contributed by atoms with Crippen LogP contribution in [0.15, 0.2) is 14.5 Å². The maximum atomic E-state index is 12.6. The van der Waals surface area contributed by atoms with E-state index in [4.69, 9.17) is 5.14 Å². The summed E-state index contributed by atoms with van der Waals surface area (Å²) in [6.45, 7) is 2.04. The lowest BCUT2D eigenvalue weighted by Crippen LogP contribution is -2.43. The average Bonchev–Trinajstić information content (AvgIpc) is 2.87. The van der Waals surface area contributed by atoms with Crippen molar-refractivity contribution in [3.8, 4) is 0 Å². The highest BCUT2D eigenvalue weighted by Crippen LogP contribution is 2.39. The van der Waals surface area contributed by atoms with Crippen LogP contribution in [0.5, 0.6) is 0 Å². The molecule has 2 rings (SSSR count). The lowest BCUT2D eigenvalue weighted by Gasteiger charge is -2.32. The molecular formula is C11H18FN3O4S3. The molecule has 0 saturated carbocycles. The van der Waals surface area contributed by atoms with E-state index < -0.39 is 26.7 Å². The standard InChI is InChI=1S/C11H18FN3O4S3/c1-2-14-9-7-15(5-3-4-12)22(18,19)11-8(9)6-10(20-11)21(13,16)17/h6,9,14H,2-5,7H2,1H3,(H2,13,16,17). The normalized spacial score (nSPS) is 21.7. The van der Waals surface area contributed by atoms with Crippen molar-refractivity contribution in [1.82, 2.24) is 9.62 Å². The van der Waals surface area contributed by atoms with Gasteiger partial charge in [0.1, 0.15) is 8.42 Å². The Morgan fingerprint density at radius 1 is 1.55 bits per heavy atom. The van der Waals surface area contributed by atoms with Crippen molar-refractivity contribution in [2.75, 3.05) is 26.3 Å². The molecular weight excluding hydrogens is 353 g/mol. The molecule has 0 aliphatic carbocycles. The SMILES string of the molecule is CCNC1CN(CCCF)S(=O)(=O)c2sc(S(N)(=O)=O)cc21. The predicted molar refractivity (Wildman–Crippen MR) is 81.5 cm³/mol. The van der Waals surface area contributed by atoms with Gasteiger partial charge in [-0.15, -0.1) is 11.3 Å². The average molecular weight is 371 g/mol. The first-order chi connectivity index (χ1) is 10.2. The summed E-state index contributed by atoms with van der Waals surface area (Å²) in [6, 6.07) is 0.974. The van der Waals surface area contributed by atoms with Crippen molar-refractivity contribution in [1.29, 1.82) is 0 Å². The molecule has 0 bridgehead atoms. The number of nitrogens with zero attached hydrogens (tertiary/aromatic N) is 1. The third-order valence-corrected chi connectivity index (χ3v) is 8.27. The number of likely N-dealkylation sites (N-methyl/N-ethyl adjacent to an activating group) is 1. The Balaban J connectivity index is 2.52. The fraction of sp³-hybridized carbons (Fsp3) is 0.636. The van der Waals surface area contributed by atoms with Crippen molar-refractivity contribution in [2.45, 2.75) is 27.8 Å². The van der Waals surface area contributed by atoms with E-state index in [2.05, 4.69) is 5.32 Å². The quantitative estimate of drug-likeness (QED) is 0.753. The summed E-state index contributed by atoms with van der Waals surface area (Å²) in [6.07, 6.45) is 0.0980. The molecule has 1 aliphatic rings. The molecule has 11 heteroatoms. The molecule has 1 unspecified atom stereocenters. The Kier molecular flexibility index (Phi) is 5.24. The van der Waals surface area contributed by atoms with E-state index in [0.29, 0.717) is 23.4 Å². The fourth-order valence-electron chi connectivity index (χ4n) is 2.34. The van der Waals surface area contributed by atoms with Crippen LogP contribution in [-0.2, 0) is 20.0 Å². The van der Waals surface area contributed by atoms with Crippen LogP contribution < -0.4 is 10.5 Å². The molecule has 1 aromatic heterocycles. The van der Waals surface area contributed by atoms with Gasteiger partial charge in [-0.3, -0.25) is 4.39 Å². The minimum atomic E-state index is -3.97. The number of fused-ring (bicyclic) bond motifs is 1. The van der Waals surface area contributed by atoms with Crippen LogP contribution >= 0.6 is 11.3 Å². The van der Waals surface area contributed by atoms with Gasteiger partial charge in [0, 0.05) is 24.7 Å². The number of halogens is 1. The number of thiophene rings is 1. The van der Waals surface area contributed by atoms with Crippen LogP contribution in [-0.4, -0.2) is 47.4 Å². The van der Waals surface area contributed by atoms with E-state index in [0.717, 1.165) is 0 Å². The summed E-state index contributed by atoms with van der Waals surface area (Å²) in [5.74, 6) is 0. The zero-order valence-corrected chi connectivity index (χ0v) is 14.4. The molecule has 1 atom stereocenters. The summed E-state index contributed by atoms with van der Waals surface area (Å²) in [5.41, 5.74) is 0.410. The molecule has 3 N–H and O–H groups in total. The lowest BCUT2D eigenvalue weighted by molar-refractivity contribution is 0.325. The topological polar surface area (TPSA) is 110 Å². The number of sulfonamides is 2. The van der Waals surface area contributed by atoms with Crippen molar-refractivity contribution in [3.63, 3.8) is 0 Å². The first-order valence-corrected chi connectivity index (χ1v) is 10.5. The monoisotopic (exact) mass is 371 g/mol. The summed E-state index contributed by atoms with van der Waals surface area (Å²) in [4.78, 5) is 0. The molecule has 0 amide bonds. The Morgan fingerprint density at radius 3 is 2.77 bits per heavy atom. The Labute approximate surface area is 133 Å². The Morgan fingerprint density at radius 2 is 2.23 bits per heavy atom. The maximum Gasteiger partial charge on any atom is 0.252 e. The largest absolute Gasteiger partial charge is 0.309 e. The van der Waals surface area contributed by atoms with Gasteiger partial charge in [-0.1, -0.05) is 6.92 Å². The number of hydrogen-bond acceptors (Lipinski definition) is 6. The van der Waals surface area contributed by atoms with Crippen molar-refractivity contribution >= 4 is 31.4 Å². The third-order valence-electron chi connectivity index (χ3n) is 3.31. The molecule has 7 nitrogen and oxygen atoms in total. The third kappa shape index (κ3) is 3.34. The van der Waals surface area contributed by atoms with E-state index in [1.54, 1.807) is 0 Å². The van der Waals surface area contributed by atoms with Crippen LogP contribution in [0.25, 0.3) is 0 Å². The van der Waals surface area contributed by atoms with Crippen molar-refractivity contribution in [2.24, 2.45) is 5.14 Å². The molecule has 0 spiro atoms. The second-order valence-corrected chi connectivity index (χ2v) is 9.84. The van der Waals surface area contributed by atoms with Crippen LogP contribution in [0.3, 0.4) is 0 Å². The number of nitrogens with one attached hydrogen (secondary N) is 1. The van der Waals surface area contributed by atoms with Gasteiger partial charge >= 0.3 is 0 Å². The van der Waals surface area contributed by atoms with E-state index in [-0.39, 0.29) is 34.0 Å². The van der Waals surface area contributed by atoms with Gasteiger partial charge < -0.3 is 5.32 Å². The first kappa shape index (κ1) is 17.8. The van der Waals surface area contributed by atoms with Crippen LogP contribution in [0.4, 0.5) is 4.39 Å². The fourth-order valence-corrected chi connectivity index (χ4v) is 6.64. The van der Waals surface area contributed by atoms with Crippen molar-refractivity contribution in [3.05, 3.63) is 11.6 Å². The molecule has 0 fully saturated rings. The smallest absolute Gasteiger partial charge is 0.252 e. The maximum absolute atomic E-state index is 12.6. The van der Waals surface area contributed by atoms with E-state index in [9.17, 15) is 21.2 Å². The van der Waals surface area contributed by atoms with Crippen molar-refractivity contribution < 1.29 is 21.2 Å². The minimum Gasteiger partial charge on any atom is -0.309 e. The summed E-state index contributed by atoms with van der Waals surface area (Å²) in [7, 11) is -7.79. The summed E-state index contributed by atoms with van der Waals surface area (Å²) < 4.78 is 61.4. The number of rotatable bonds is 6. The number of alkyl halides is 1. The zero-order chi connectivity index (χ0) is 16.5. The van der Waals surface area contributed by atoms with Crippen LogP contribution in [0.2, 0.25) is 0 Å². The highest BCUT2D eigenvalue weighted by Gasteiger charge is 2.39. The van der Waals surface area contributed by atoms with E-state index >= 15 is 0 Å². The molecule has 0 radical (unpaired) electrons. The molecule has 0 saturated heterocycles. The molecule has 22 heavy (non-hydrogen) atoms. The van der Waals surface area contributed by atoms with Gasteiger partial charge in [-0.2, -0.15) is 4.31 Å². The molecule has 2 heterocycles. The Bertz CT molecular complexity index is 745. The highest BCUT2D eigenvalue weighted by atomic mass is 32.3. The summed E-state index contributed by atoms with van der Waals surface area (Å²) >= 11 is 0.640. The van der Waals surface area contributed by atoms with Gasteiger partial charge in [-0.05, 0) is 19.0 Å².